The van der Waals surface area contributed by atoms with Crippen molar-refractivity contribution < 1.29 is 20.8 Å². The molecule has 3 aromatic rings. The van der Waals surface area contributed by atoms with Crippen LogP contribution in [0.5, 0.6) is 0 Å². The zero-order chi connectivity index (χ0) is 14.5. The van der Waals surface area contributed by atoms with Crippen LogP contribution in [0.25, 0.3) is 21.9 Å². The number of halogens is 2. The van der Waals surface area contributed by atoms with E-state index < -0.39 is 20.8 Å². The molecule has 3 aromatic carbocycles. The van der Waals surface area contributed by atoms with Crippen LogP contribution >= 0.6 is 17.0 Å². The first-order chi connectivity index (χ1) is 9.65. The Labute approximate surface area is 138 Å². The number of hydrogen-bond acceptors (Lipinski definition) is 0. The second-order valence-electron chi connectivity index (χ2n) is 4.78. The molecule has 0 radical (unpaired) electrons. The van der Waals surface area contributed by atoms with Gasteiger partial charge in [-0.3, -0.25) is 0 Å². The molecule has 20 heavy (non-hydrogen) atoms. The van der Waals surface area contributed by atoms with Gasteiger partial charge >= 0.3 is 37.9 Å². The van der Waals surface area contributed by atoms with Gasteiger partial charge in [-0.1, -0.05) is 48.4 Å². The molecule has 3 rings (SSSR count). The van der Waals surface area contributed by atoms with Gasteiger partial charge < -0.3 is 0 Å². The fraction of sp³-hybridized carbons (Fsp3) is 0.118. The Morgan fingerprint density at radius 3 is 2.25 bits per heavy atom. The molecule has 0 aliphatic rings. The Kier molecular flexibility index (Phi) is 5.96. The summed E-state index contributed by atoms with van der Waals surface area (Å²) in [6.07, 6.45) is 0. The summed E-state index contributed by atoms with van der Waals surface area (Å²) in [5.41, 5.74) is 5.27. The Morgan fingerprint density at radius 1 is 0.950 bits per heavy atom. The first-order valence-electron chi connectivity index (χ1n) is 6.35. The molecule has 0 saturated carbocycles. The van der Waals surface area contributed by atoms with E-state index >= 15 is 0 Å². The molecule has 0 fully saturated rings. The fourth-order valence-electron chi connectivity index (χ4n) is 2.37. The number of aryl methyl sites for hydroxylation is 2. The van der Waals surface area contributed by atoms with Crippen LogP contribution in [-0.2, 0) is 20.8 Å². The molecular formula is C17H15Cl2Zr-. The third-order valence-corrected chi connectivity index (χ3v) is 3.26. The van der Waals surface area contributed by atoms with Gasteiger partial charge in [0.25, 0.3) is 0 Å². The SMILES string of the molecule is Cc1ccc(-c2cccc3[cH-]c(C)cc23)cc1.[Cl][Zr][Cl]. The van der Waals surface area contributed by atoms with Gasteiger partial charge in [0.05, 0.1) is 0 Å². The summed E-state index contributed by atoms with van der Waals surface area (Å²) in [6, 6.07) is 19.8. The number of hydrogen-bond donors (Lipinski definition) is 0. The topological polar surface area (TPSA) is 0 Å². The molecule has 0 atom stereocenters. The summed E-state index contributed by atoms with van der Waals surface area (Å²) in [5.74, 6) is 0. The van der Waals surface area contributed by atoms with E-state index in [0.717, 1.165) is 0 Å². The number of rotatable bonds is 1. The molecule has 0 heterocycles. The van der Waals surface area contributed by atoms with Gasteiger partial charge in [0.1, 0.15) is 0 Å². The zero-order valence-electron chi connectivity index (χ0n) is 11.5. The molecule has 0 spiro atoms. The van der Waals surface area contributed by atoms with Gasteiger partial charge in [0, 0.05) is 0 Å². The van der Waals surface area contributed by atoms with Crippen LogP contribution in [0.15, 0.2) is 54.6 Å². The van der Waals surface area contributed by atoms with Crippen molar-refractivity contribution in [3.63, 3.8) is 0 Å². The minimum absolute atomic E-state index is 0.826. The Hall–Kier alpha value is -0.487. The monoisotopic (exact) mass is 379 g/mol. The van der Waals surface area contributed by atoms with Gasteiger partial charge in [-0.05, 0) is 12.5 Å². The molecule has 102 valence electrons. The molecule has 3 heteroatoms. The van der Waals surface area contributed by atoms with E-state index in [1.54, 1.807) is 0 Å². The summed E-state index contributed by atoms with van der Waals surface area (Å²) < 4.78 is 0. The molecule has 0 unspecified atom stereocenters. The normalized spacial score (nSPS) is 10.0. The average molecular weight is 381 g/mol. The van der Waals surface area contributed by atoms with E-state index in [9.17, 15) is 0 Å². The van der Waals surface area contributed by atoms with E-state index in [0.29, 0.717) is 0 Å². The molecule has 0 aliphatic heterocycles. The van der Waals surface area contributed by atoms with Crippen LogP contribution in [-0.4, -0.2) is 0 Å². The molecule has 0 aliphatic carbocycles. The standard InChI is InChI=1S/C17H15.2ClH.Zr/c1-12-6-8-14(9-7-12)16-5-3-4-15-10-13(2)11-17(15)16;;;/h3-11H,1-2H3;2*1H;/q-1;;;+2/p-2. The molecule has 0 bridgehead atoms. The summed E-state index contributed by atoms with van der Waals surface area (Å²) in [4.78, 5) is 0. The van der Waals surface area contributed by atoms with Crippen molar-refractivity contribution in [1.29, 1.82) is 0 Å². The van der Waals surface area contributed by atoms with E-state index in [4.69, 9.17) is 17.0 Å². The number of benzene rings is 2. The average Bonchev–Trinajstić information content (AvgIpc) is 2.80. The summed E-state index contributed by atoms with van der Waals surface area (Å²) in [7, 11) is 9.87. The number of fused-ring (bicyclic) bond motifs is 1. The molecule has 0 aromatic heterocycles. The Bertz CT molecular complexity index is 684. The van der Waals surface area contributed by atoms with Crippen molar-refractivity contribution in [2.75, 3.05) is 0 Å². The van der Waals surface area contributed by atoms with Crippen molar-refractivity contribution in [2.45, 2.75) is 13.8 Å². The maximum atomic E-state index is 4.93. The maximum absolute atomic E-state index is 4.93. The van der Waals surface area contributed by atoms with Crippen LogP contribution < -0.4 is 0 Å². The van der Waals surface area contributed by atoms with Gasteiger partial charge in [0.2, 0.25) is 0 Å². The van der Waals surface area contributed by atoms with Crippen LogP contribution in [0.2, 0.25) is 0 Å². The van der Waals surface area contributed by atoms with Crippen molar-refractivity contribution >= 4 is 27.8 Å². The quantitative estimate of drug-likeness (QED) is 0.439. The van der Waals surface area contributed by atoms with E-state index in [2.05, 4.69) is 68.4 Å². The Balaban J connectivity index is 0.000000452. The molecule has 0 amide bonds. The van der Waals surface area contributed by atoms with Crippen molar-refractivity contribution in [2.24, 2.45) is 0 Å². The van der Waals surface area contributed by atoms with Gasteiger partial charge in [0.15, 0.2) is 0 Å². The minimum atomic E-state index is -0.826. The first kappa shape index (κ1) is 15.9. The predicted molar refractivity (Wildman–Crippen MR) is 86.2 cm³/mol. The van der Waals surface area contributed by atoms with Gasteiger partial charge in [-0.2, -0.15) is 6.07 Å². The predicted octanol–water partition coefficient (Wildman–Crippen LogP) is 6.22. The van der Waals surface area contributed by atoms with E-state index in [-0.39, 0.29) is 0 Å². The van der Waals surface area contributed by atoms with Crippen LogP contribution in [0, 0.1) is 13.8 Å². The van der Waals surface area contributed by atoms with E-state index in [1.165, 1.54) is 33.0 Å². The molecule has 0 nitrogen and oxygen atoms in total. The van der Waals surface area contributed by atoms with Gasteiger partial charge in [-0.25, -0.2) is 0 Å². The van der Waals surface area contributed by atoms with Crippen LogP contribution in [0.3, 0.4) is 0 Å². The van der Waals surface area contributed by atoms with Crippen LogP contribution in [0.1, 0.15) is 11.1 Å². The third-order valence-electron chi connectivity index (χ3n) is 3.26. The fourth-order valence-corrected chi connectivity index (χ4v) is 2.37. The van der Waals surface area contributed by atoms with Crippen molar-refractivity contribution in [3.05, 3.63) is 65.7 Å². The second kappa shape index (κ2) is 7.50. The van der Waals surface area contributed by atoms with Crippen molar-refractivity contribution in [3.8, 4) is 11.1 Å². The molecular weight excluding hydrogens is 366 g/mol. The summed E-state index contributed by atoms with van der Waals surface area (Å²) in [6.45, 7) is 4.27. The zero-order valence-corrected chi connectivity index (χ0v) is 15.4. The second-order valence-corrected chi connectivity index (χ2v) is 8.51. The molecule has 0 N–H and O–H groups in total. The Morgan fingerprint density at radius 2 is 1.60 bits per heavy atom. The van der Waals surface area contributed by atoms with Crippen LogP contribution in [0.4, 0.5) is 0 Å². The summed E-state index contributed by atoms with van der Waals surface area (Å²) in [5, 5.41) is 2.69. The molecule has 0 saturated heterocycles. The third kappa shape index (κ3) is 3.79. The first-order valence-corrected chi connectivity index (χ1v) is 12.7. The van der Waals surface area contributed by atoms with E-state index in [1.807, 2.05) is 0 Å². The van der Waals surface area contributed by atoms with Gasteiger partial charge in [-0.15, -0.1) is 34.5 Å². The van der Waals surface area contributed by atoms with Crippen molar-refractivity contribution in [1.82, 2.24) is 0 Å². The summed E-state index contributed by atoms with van der Waals surface area (Å²) >= 11 is -0.826.